The molecule has 0 aromatic heterocycles. The van der Waals surface area contributed by atoms with Crippen LogP contribution in [0.1, 0.15) is 33.1 Å². The third kappa shape index (κ3) is 4.94. The van der Waals surface area contributed by atoms with Crippen LogP contribution in [-0.2, 0) is 4.79 Å². The molecule has 2 atom stereocenters. The number of aliphatic carboxylic acids is 1. The lowest BCUT2D eigenvalue weighted by Crippen LogP contribution is -2.09. The van der Waals surface area contributed by atoms with E-state index in [0.717, 1.165) is 19.3 Å². The fraction of sp³-hybridized carbons (Fsp3) is 0.700. The van der Waals surface area contributed by atoms with Crippen LogP contribution in [-0.4, -0.2) is 11.1 Å². The quantitative estimate of drug-likeness (QED) is 0.622. The Labute approximate surface area is 74.3 Å². The van der Waals surface area contributed by atoms with E-state index in [2.05, 4.69) is 13.5 Å². The van der Waals surface area contributed by atoms with Gasteiger partial charge in [-0.25, -0.2) is 0 Å². The lowest BCUT2D eigenvalue weighted by molar-refractivity contribution is -0.141. The van der Waals surface area contributed by atoms with Gasteiger partial charge in [-0.1, -0.05) is 26.3 Å². The topological polar surface area (TPSA) is 37.3 Å². The molecule has 2 unspecified atom stereocenters. The van der Waals surface area contributed by atoms with E-state index in [-0.39, 0.29) is 5.92 Å². The van der Waals surface area contributed by atoms with Crippen LogP contribution >= 0.6 is 0 Å². The van der Waals surface area contributed by atoms with Gasteiger partial charge in [0.1, 0.15) is 0 Å². The molecule has 0 radical (unpaired) electrons. The molecule has 0 saturated heterocycles. The van der Waals surface area contributed by atoms with Crippen molar-refractivity contribution in [1.29, 1.82) is 0 Å². The van der Waals surface area contributed by atoms with E-state index in [9.17, 15) is 4.79 Å². The molecule has 0 aromatic carbocycles. The van der Waals surface area contributed by atoms with Crippen molar-refractivity contribution in [1.82, 2.24) is 0 Å². The van der Waals surface area contributed by atoms with Crippen LogP contribution in [0.25, 0.3) is 0 Å². The summed E-state index contributed by atoms with van der Waals surface area (Å²) in [4.78, 5) is 10.4. The van der Waals surface area contributed by atoms with Crippen molar-refractivity contribution in [2.75, 3.05) is 0 Å². The number of hydrogen-bond donors (Lipinski definition) is 1. The molecule has 2 nitrogen and oxygen atoms in total. The lowest BCUT2D eigenvalue weighted by atomic mass is 9.99. The SMILES string of the molecule is C=CC(C)CCCC(C)C(=O)O. The van der Waals surface area contributed by atoms with Crippen LogP contribution in [0, 0.1) is 11.8 Å². The smallest absolute Gasteiger partial charge is 0.306 e. The average molecular weight is 170 g/mol. The molecule has 1 N–H and O–H groups in total. The van der Waals surface area contributed by atoms with E-state index >= 15 is 0 Å². The second-order valence-electron chi connectivity index (χ2n) is 3.38. The van der Waals surface area contributed by atoms with Gasteiger partial charge in [0.05, 0.1) is 5.92 Å². The molecule has 0 rings (SSSR count). The zero-order valence-corrected chi connectivity index (χ0v) is 7.92. The van der Waals surface area contributed by atoms with Gasteiger partial charge >= 0.3 is 5.97 Å². The molecule has 0 aromatic rings. The number of rotatable bonds is 6. The van der Waals surface area contributed by atoms with Crippen LogP contribution in [0.2, 0.25) is 0 Å². The predicted octanol–water partition coefficient (Wildman–Crippen LogP) is 2.70. The maximum Gasteiger partial charge on any atom is 0.306 e. The third-order valence-corrected chi connectivity index (χ3v) is 2.12. The van der Waals surface area contributed by atoms with Gasteiger partial charge in [0, 0.05) is 0 Å². The fourth-order valence-corrected chi connectivity index (χ4v) is 0.987. The average Bonchev–Trinajstić information content (AvgIpc) is 2.03. The Morgan fingerprint density at radius 3 is 2.50 bits per heavy atom. The monoisotopic (exact) mass is 170 g/mol. The number of allylic oxidation sites excluding steroid dienone is 1. The molecule has 0 aliphatic rings. The van der Waals surface area contributed by atoms with Crippen LogP contribution in [0.5, 0.6) is 0 Å². The number of hydrogen-bond acceptors (Lipinski definition) is 1. The second-order valence-corrected chi connectivity index (χ2v) is 3.38. The van der Waals surface area contributed by atoms with Crippen molar-refractivity contribution >= 4 is 5.97 Å². The van der Waals surface area contributed by atoms with Crippen molar-refractivity contribution in [3.8, 4) is 0 Å². The van der Waals surface area contributed by atoms with Gasteiger partial charge in [-0.2, -0.15) is 0 Å². The summed E-state index contributed by atoms with van der Waals surface area (Å²) in [6.45, 7) is 7.52. The summed E-state index contributed by atoms with van der Waals surface area (Å²) in [7, 11) is 0. The zero-order chi connectivity index (χ0) is 9.56. The molecule has 12 heavy (non-hydrogen) atoms. The third-order valence-electron chi connectivity index (χ3n) is 2.12. The van der Waals surface area contributed by atoms with Gasteiger partial charge in [-0.3, -0.25) is 4.79 Å². The van der Waals surface area contributed by atoms with Gasteiger partial charge < -0.3 is 5.11 Å². The minimum atomic E-state index is -0.693. The summed E-state index contributed by atoms with van der Waals surface area (Å²) in [5, 5.41) is 8.58. The first-order valence-corrected chi connectivity index (χ1v) is 4.43. The molecule has 0 amide bonds. The normalized spacial score (nSPS) is 15.2. The summed E-state index contributed by atoms with van der Waals surface area (Å²) in [5.74, 6) is -0.394. The number of carboxylic acid groups (broad SMARTS) is 1. The molecule has 0 bridgehead atoms. The first-order chi connectivity index (χ1) is 5.57. The molecule has 0 fully saturated rings. The highest BCUT2D eigenvalue weighted by molar-refractivity contribution is 5.69. The van der Waals surface area contributed by atoms with Crippen LogP contribution in [0.15, 0.2) is 12.7 Å². The van der Waals surface area contributed by atoms with Crippen LogP contribution < -0.4 is 0 Å². The summed E-state index contributed by atoms with van der Waals surface area (Å²) in [5.41, 5.74) is 0. The van der Waals surface area contributed by atoms with Crippen molar-refractivity contribution in [3.63, 3.8) is 0 Å². The first-order valence-electron chi connectivity index (χ1n) is 4.43. The minimum absolute atomic E-state index is 0.206. The largest absolute Gasteiger partial charge is 0.481 e. The first kappa shape index (κ1) is 11.2. The van der Waals surface area contributed by atoms with E-state index in [1.54, 1.807) is 6.92 Å². The molecule has 0 saturated carbocycles. The van der Waals surface area contributed by atoms with E-state index in [0.29, 0.717) is 5.92 Å². The Bertz CT molecular complexity index is 152. The van der Waals surface area contributed by atoms with Gasteiger partial charge in [-0.05, 0) is 18.8 Å². The Balaban J connectivity index is 3.43. The van der Waals surface area contributed by atoms with Gasteiger partial charge in [0.25, 0.3) is 0 Å². The molecule has 0 spiro atoms. The van der Waals surface area contributed by atoms with Gasteiger partial charge in [0.2, 0.25) is 0 Å². The maximum atomic E-state index is 10.4. The van der Waals surface area contributed by atoms with E-state index < -0.39 is 5.97 Å². The number of carboxylic acids is 1. The molecule has 0 aliphatic carbocycles. The molecule has 0 heterocycles. The Kier molecular flexibility index (Phi) is 5.43. The Hall–Kier alpha value is -0.790. The molecule has 70 valence electrons. The predicted molar refractivity (Wildman–Crippen MR) is 50.0 cm³/mol. The fourth-order valence-electron chi connectivity index (χ4n) is 0.987. The Morgan fingerprint density at radius 2 is 2.08 bits per heavy atom. The maximum absolute atomic E-state index is 10.4. The lowest BCUT2D eigenvalue weighted by Gasteiger charge is -2.07. The van der Waals surface area contributed by atoms with Gasteiger partial charge in [-0.15, -0.1) is 6.58 Å². The Morgan fingerprint density at radius 1 is 1.50 bits per heavy atom. The van der Waals surface area contributed by atoms with E-state index in [4.69, 9.17) is 5.11 Å². The standard InChI is InChI=1S/C10H18O2/c1-4-8(2)6-5-7-9(3)10(11)12/h4,8-9H,1,5-7H2,2-3H3,(H,11,12). The summed E-state index contributed by atoms with van der Waals surface area (Å²) in [6, 6.07) is 0. The number of carbonyl (C=O) groups is 1. The van der Waals surface area contributed by atoms with Crippen molar-refractivity contribution in [2.24, 2.45) is 11.8 Å². The second kappa shape index (κ2) is 5.81. The summed E-state index contributed by atoms with van der Waals surface area (Å²) in [6.07, 6.45) is 4.70. The van der Waals surface area contributed by atoms with Crippen LogP contribution in [0.4, 0.5) is 0 Å². The summed E-state index contributed by atoms with van der Waals surface area (Å²) < 4.78 is 0. The van der Waals surface area contributed by atoms with E-state index in [1.807, 2.05) is 6.08 Å². The highest BCUT2D eigenvalue weighted by Crippen LogP contribution is 2.13. The molecule has 2 heteroatoms. The highest BCUT2D eigenvalue weighted by Gasteiger charge is 2.09. The zero-order valence-electron chi connectivity index (χ0n) is 7.92. The van der Waals surface area contributed by atoms with Gasteiger partial charge in [0.15, 0.2) is 0 Å². The van der Waals surface area contributed by atoms with Crippen molar-refractivity contribution in [2.45, 2.75) is 33.1 Å². The molecular formula is C10H18O2. The van der Waals surface area contributed by atoms with Crippen LogP contribution in [0.3, 0.4) is 0 Å². The minimum Gasteiger partial charge on any atom is -0.481 e. The van der Waals surface area contributed by atoms with Crippen molar-refractivity contribution in [3.05, 3.63) is 12.7 Å². The van der Waals surface area contributed by atoms with Crippen molar-refractivity contribution < 1.29 is 9.90 Å². The molecular weight excluding hydrogens is 152 g/mol. The molecule has 0 aliphatic heterocycles. The highest BCUT2D eigenvalue weighted by atomic mass is 16.4. The summed E-state index contributed by atoms with van der Waals surface area (Å²) >= 11 is 0. The van der Waals surface area contributed by atoms with E-state index in [1.165, 1.54) is 0 Å².